The molecule has 2 nitrogen and oxygen atoms in total. The number of benzene rings is 1. The molecule has 2 atom stereocenters. The van der Waals surface area contributed by atoms with Gasteiger partial charge < -0.3 is 0 Å². The molecule has 18 heavy (non-hydrogen) atoms. The molecule has 2 aliphatic rings. The van der Waals surface area contributed by atoms with E-state index in [9.17, 15) is 0 Å². The van der Waals surface area contributed by atoms with E-state index >= 15 is 0 Å². The van der Waals surface area contributed by atoms with E-state index in [2.05, 4.69) is 34.9 Å². The van der Waals surface area contributed by atoms with E-state index in [1.807, 2.05) is 6.07 Å². The Morgan fingerprint density at radius 1 is 1.28 bits per heavy atom. The van der Waals surface area contributed by atoms with Crippen LogP contribution in [0.4, 0.5) is 0 Å². The van der Waals surface area contributed by atoms with Gasteiger partial charge in [0.2, 0.25) is 0 Å². The van der Waals surface area contributed by atoms with Gasteiger partial charge in [-0.15, -0.1) is 0 Å². The molecule has 2 aliphatic heterocycles. The summed E-state index contributed by atoms with van der Waals surface area (Å²) in [4.78, 5) is 5.26. The lowest BCUT2D eigenvalue weighted by atomic mass is 10.0. The topological polar surface area (TPSA) is 6.48 Å². The number of hydrogen-bond acceptors (Lipinski definition) is 2. The maximum absolute atomic E-state index is 6.09. The third kappa shape index (κ3) is 2.42. The van der Waals surface area contributed by atoms with Crippen LogP contribution in [0.25, 0.3) is 0 Å². The number of rotatable bonds is 2. The van der Waals surface area contributed by atoms with E-state index in [0.717, 1.165) is 11.1 Å². The molecule has 2 saturated heterocycles. The third-order valence-electron chi connectivity index (χ3n) is 4.50. The van der Waals surface area contributed by atoms with E-state index in [1.54, 1.807) is 0 Å². The highest BCUT2D eigenvalue weighted by molar-refractivity contribution is 6.30. The lowest BCUT2D eigenvalue weighted by Gasteiger charge is -2.40. The molecule has 1 aromatic rings. The van der Waals surface area contributed by atoms with Crippen LogP contribution in [0.2, 0.25) is 5.02 Å². The minimum Gasteiger partial charge on any atom is -0.298 e. The van der Waals surface area contributed by atoms with Crippen molar-refractivity contribution in [3.05, 3.63) is 34.9 Å². The first-order valence-electron chi connectivity index (χ1n) is 6.97. The van der Waals surface area contributed by atoms with Crippen molar-refractivity contribution in [3.8, 4) is 0 Å². The van der Waals surface area contributed by atoms with E-state index in [-0.39, 0.29) is 0 Å². The Bertz CT molecular complexity index is 421. The van der Waals surface area contributed by atoms with E-state index in [0.29, 0.717) is 6.04 Å². The fourth-order valence-corrected chi connectivity index (χ4v) is 3.54. The second-order valence-electron chi connectivity index (χ2n) is 5.56. The zero-order valence-corrected chi connectivity index (χ0v) is 11.7. The van der Waals surface area contributed by atoms with Crippen LogP contribution in [0.5, 0.6) is 0 Å². The summed E-state index contributed by atoms with van der Waals surface area (Å²) in [6.45, 7) is 7.24. The van der Waals surface area contributed by atoms with Crippen molar-refractivity contribution in [1.29, 1.82) is 0 Å². The Morgan fingerprint density at radius 2 is 2.17 bits per heavy atom. The van der Waals surface area contributed by atoms with Gasteiger partial charge in [0.05, 0.1) is 0 Å². The standard InChI is InChI=1S/C15H21ClN2/c1-12(13-4-2-5-14(16)10-13)18-9-8-17-7-3-6-15(17)11-18/h2,4-5,10,12,15H,3,6-9,11H2,1H3. The summed E-state index contributed by atoms with van der Waals surface area (Å²) < 4.78 is 0. The van der Waals surface area contributed by atoms with Gasteiger partial charge >= 0.3 is 0 Å². The van der Waals surface area contributed by atoms with Gasteiger partial charge in [0.1, 0.15) is 0 Å². The molecule has 0 saturated carbocycles. The maximum atomic E-state index is 6.09. The molecule has 0 spiro atoms. The van der Waals surface area contributed by atoms with Crippen molar-refractivity contribution >= 4 is 11.6 Å². The van der Waals surface area contributed by atoms with Gasteiger partial charge in [-0.25, -0.2) is 0 Å². The monoisotopic (exact) mass is 264 g/mol. The van der Waals surface area contributed by atoms with Gasteiger partial charge in [0.25, 0.3) is 0 Å². The van der Waals surface area contributed by atoms with Crippen LogP contribution in [0.3, 0.4) is 0 Å². The van der Waals surface area contributed by atoms with Gasteiger partial charge in [0.15, 0.2) is 0 Å². The van der Waals surface area contributed by atoms with Crippen molar-refractivity contribution in [3.63, 3.8) is 0 Å². The number of halogens is 1. The molecular weight excluding hydrogens is 244 g/mol. The molecule has 3 rings (SSSR count). The highest BCUT2D eigenvalue weighted by Gasteiger charge is 2.32. The number of hydrogen-bond donors (Lipinski definition) is 0. The summed E-state index contributed by atoms with van der Waals surface area (Å²) in [5, 5.41) is 0.846. The fraction of sp³-hybridized carbons (Fsp3) is 0.600. The van der Waals surface area contributed by atoms with Crippen LogP contribution in [0, 0.1) is 0 Å². The molecule has 0 aliphatic carbocycles. The molecule has 1 aromatic carbocycles. The quantitative estimate of drug-likeness (QED) is 0.810. The molecule has 0 bridgehead atoms. The first-order valence-corrected chi connectivity index (χ1v) is 7.35. The van der Waals surface area contributed by atoms with Crippen LogP contribution < -0.4 is 0 Å². The van der Waals surface area contributed by atoms with E-state index < -0.39 is 0 Å². The van der Waals surface area contributed by atoms with Crippen molar-refractivity contribution in [1.82, 2.24) is 9.80 Å². The first kappa shape index (κ1) is 12.5. The van der Waals surface area contributed by atoms with Crippen LogP contribution in [-0.4, -0.2) is 42.0 Å². The predicted molar refractivity (Wildman–Crippen MR) is 76.0 cm³/mol. The van der Waals surface area contributed by atoms with Gasteiger partial charge in [-0.3, -0.25) is 9.80 Å². The Morgan fingerprint density at radius 3 is 3.00 bits per heavy atom. The lowest BCUT2D eigenvalue weighted by Crippen LogP contribution is -2.50. The summed E-state index contributed by atoms with van der Waals surface area (Å²) >= 11 is 6.09. The molecule has 0 aromatic heterocycles. The summed E-state index contributed by atoms with van der Waals surface area (Å²) in [6, 6.07) is 9.57. The van der Waals surface area contributed by atoms with Crippen LogP contribution in [-0.2, 0) is 0 Å². The minimum absolute atomic E-state index is 0.478. The second-order valence-corrected chi connectivity index (χ2v) is 5.99. The Kier molecular flexibility index (Phi) is 3.60. The largest absolute Gasteiger partial charge is 0.298 e. The Hall–Kier alpha value is -0.570. The minimum atomic E-state index is 0.478. The Balaban J connectivity index is 1.71. The van der Waals surface area contributed by atoms with E-state index in [1.165, 1.54) is 44.6 Å². The Labute approximate surface area is 115 Å². The molecule has 2 heterocycles. The average molecular weight is 265 g/mol. The summed E-state index contributed by atoms with van der Waals surface area (Å²) in [6.07, 6.45) is 2.75. The highest BCUT2D eigenvalue weighted by Crippen LogP contribution is 2.28. The van der Waals surface area contributed by atoms with Crippen molar-refractivity contribution in [2.45, 2.75) is 31.8 Å². The summed E-state index contributed by atoms with van der Waals surface area (Å²) in [7, 11) is 0. The van der Waals surface area contributed by atoms with Crippen LogP contribution >= 0.6 is 11.6 Å². The van der Waals surface area contributed by atoms with Crippen molar-refractivity contribution in [2.24, 2.45) is 0 Å². The molecule has 2 unspecified atom stereocenters. The first-order chi connectivity index (χ1) is 8.74. The van der Waals surface area contributed by atoms with Gasteiger partial charge in [0, 0.05) is 36.7 Å². The number of nitrogens with zero attached hydrogens (tertiary/aromatic N) is 2. The molecule has 98 valence electrons. The zero-order chi connectivity index (χ0) is 12.5. The third-order valence-corrected chi connectivity index (χ3v) is 4.73. The fourth-order valence-electron chi connectivity index (χ4n) is 3.34. The molecule has 2 fully saturated rings. The average Bonchev–Trinajstić information content (AvgIpc) is 2.85. The highest BCUT2D eigenvalue weighted by atomic mass is 35.5. The van der Waals surface area contributed by atoms with E-state index in [4.69, 9.17) is 11.6 Å². The molecular formula is C15H21ClN2. The smallest absolute Gasteiger partial charge is 0.0409 e. The number of fused-ring (bicyclic) bond motifs is 1. The van der Waals surface area contributed by atoms with Gasteiger partial charge in [-0.1, -0.05) is 23.7 Å². The van der Waals surface area contributed by atoms with Crippen LogP contribution in [0.15, 0.2) is 24.3 Å². The zero-order valence-electron chi connectivity index (χ0n) is 11.0. The normalized spacial score (nSPS) is 27.1. The van der Waals surface area contributed by atoms with Gasteiger partial charge in [-0.05, 0) is 44.0 Å². The van der Waals surface area contributed by atoms with Gasteiger partial charge in [-0.2, -0.15) is 0 Å². The van der Waals surface area contributed by atoms with Crippen LogP contribution in [0.1, 0.15) is 31.4 Å². The molecule has 3 heteroatoms. The van der Waals surface area contributed by atoms with Crippen molar-refractivity contribution in [2.75, 3.05) is 26.2 Å². The maximum Gasteiger partial charge on any atom is 0.0409 e. The molecule has 0 amide bonds. The SMILES string of the molecule is CC(c1cccc(Cl)c1)N1CCN2CCCC2C1. The summed E-state index contributed by atoms with van der Waals surface area (Å²) in [5.41, 5.74) is 1.34. The van der Waals surface area contributed by atoms with Crippen molar-refractivity contribution < 1.29 is 0 Å². The molecule has 0 radical (unpaired) electrons. The second kappa shape index (κ2) is 5.20. The molecule has 0 N–H and O–H groups in total. The number of piperazine rings is 1. The lowest BCUT2D eigenvalue weighted by molar-refractivity contribution is 0.0770. The summed E-state index contributed by atoms with van der Waals surface area (Å²) in [5.74, 6) is 0. The predicted octanol–water partition coefficient (Wildman–Crippen LogP) is 3.18.